The monoisotopic (exact) mass is 260 g/mol. The molecular weight excluding hydrogens is 232 g/mol. The molecule has 1 unspecified atom stereocenters. The fraction of sp³-hybridized carbons (Fsp3) is 0.556. The Morgan fingerprint density at radius 3 is 2.53 bits per heavy atom. The van der Waals surface area contributed by atoms with E-state index in [9.17, 15) is 0 Å². The van der Waals surface area contributed by atoms with E-state index >= 15 is 0 Å². The molecule has 0 saturated heterocycles. The first-order valence-corrected chi connectivity index (χ1v) is 7.46. The lowest BCUT2D eigenvalue weighted by Gasteiger charge is -2.14. The zero-order chi connectivity index (χ0) is 14.3. The van der Waals surface area contributed by atoms with Gasteiger partial charge in [-0.3, -0.25) is 0 Å². The molecule has 0 aliphatic heterocycles. The molecule has 1 heteroatoms. The van der Waals surface area contributed by atoms with Gasteiger partial charge in [0, 0.05) is 0 Å². The molecule has 1 aromatic rings. The summed E-state index contributed by atoms with van der Waals surface area (Å²) in [5.74, 6) is 1.94. The molecule has 19 heavy (non-hydrogen) atoms. The van der Waals surface area contributed by atoms with Gasteiger partial charge in [-0.25, -0.2) is 0 Å². The van der Waals surface area contributed by atoms with Gasteiger partial charge in [0.15, 0.2) is 0 Å². The smallest absolute Gasteiger partial charge is 0.119 e. The SMILES string of the molecule is C=CC(C)c1cc(CCCC)cc(OCC(C)C)c1. The molecule has 0 saturated carbocycles. The lowest BCUT2D eigenvalue weighted by molar-refractivity contribution is 0.270. The van der Waals surface area contributed by atoms with Crippen LogP contribution in [-0.2, 0) is 6.42 Å². The molecule has 0 aliphatic carbocycles. The van der Waals surface area contributed by atoms with Crippen molar-refractivity contribution < 1.29 is 4.74 Å². The van der Waals surface area contributed by atoms with Gasteiger partial charge < -0.3 is 4.74 Å². The third-order valence-corrected chi connectivity index (χ3v) is 3.27. The second-order valence-electron chi connectivity index (χ2n) is 5.74. The van der Waals surface area contributed by atoms with Gasteiger partial charge in [-0.1, -0.05) is 46.3 Å². The second-order valence-corrected chi connectivity index (χ2v) is 5.74. The Bertz CT molecular complexity index is 393. The molecule has 1 aromatic carbocycles. The number of ether oxygens (including phenoxy) is 1. The van der Waals surface area contributed by atoms with Gasteiger partial charge >= 0.3 is 0 Å². The fourth-order valence-corrected chi connectivity index (χ4v) is 1.96. The predicted molar refractivity (Wildman–Crippen MR) is 84.0 cm³/mol. The van der Waals surface area contributed by atoms with Crippen LogP contribution < -0.4 is 4.74 Å². The first-order valence-electron chi connectivity index (χ1n) is 7.46. The van der Waals surface area contributed by atoms with Crippen LogP contribution in [0.2, 0.25) is 0 Å². The predicted octanol–water partition coefficient (Wildman–Crippen LogP) is 5.35. The van der Waals surface area contributed by atoms with Crippen LogP contribution in [0.4, 0.5) is 0 Å². The maximum absolute atomic E-state index is 5.89. The summed E-state index contributed by atoms with van der Waals surface area (Å²) in [6.07, 6.45) is 5.58. The average molecular weight is 260 g/mol. The Kier molecular flexibility index (Phi) is 6.69. The summed E-state index contributed by atoms with van der Waals surface area (Å²) in [6.45, 7) is 13.4. The Balaban J connectivity index is 2.91. The van der Waals surface area contributed by atoms with E-state index in [-0.39, 0.29) is 0 Å². The minimum absolute atomic E-state index is 0.378. The quantitative estimate of drug-likeness (QED) is 0.572. The fourth-order valence-electron chi connectivity index (χ4n) is 1.96. The van der Waals surface area contributed by atoms with Crippen molar-refractivity contribution in [3.05, 3.63) is 42.0 Å². The summed E-state index contributed by atoms with van der Waals surface area (Å²) in [7, 11) is 0. The average Bonchev–Trinajstić information content (AvgIpc) is 2.41. The number of hydrogen-bond donors (Lipinski definition) is 0. The van der Waals surface area contributed by atoms with Crippen LogP contribution in [-0.4, -0.2) is 6.61 Å². The maximum Gasteiger partial charge on any atom is 0.119 e. The number of hydrogen-bond acceptors (Lipinski definition) is 1. The standard InChI is InChI=1S/C18H28O/c1-6-8-9-16-10-17(15(5)7-2)12-18(11-16)19-13-14(3)4/h7,10-12,14-15H,2,6,8-9,13H2,1,3-5H3. The zero-order valence-electron chi connectivity index (χ0n) is 12.9. The summed E-state index contributed by atoms with van der Waals surface area (Å²) >= 11 is 0. The molecule has 1 rings (SSSR count). The maximum atomic E-state index is 5.89. The lowest BCUT2D eigenvalue weighted by atomic mass is 9.97. The summed E-state index contributed by atoms with van der Waals surface area (Å²) in [5.41, 5.74) is 2.69. The number of benzene rings is 1. The van der Waals surface area contributed by atoms with Gasteiger partial charge in [0.2, 0.25) is 0 Å². The van der Waals surface area contributed by atoms with Gasteiger partial charge in [-0.2, -0.15) is 0 Å². The topological polar surface area (TPSA) is 9.23 Å². The van der Waals surface area contributed by atoms with E-state index in [0.717, 1.165) is 18.8 Å². The number of rotatable bonds is 8. The molecule has 0 bridgehead atoms. The van der Waals surface area contributed by atoms with E-state index in [2.05, 4.69) is 52.5 Å². The molecule has 0 aliphatic rings. The van der Waals surface area contributed by atoms with Crippen LogP contribution in [0.25, 0.3) is 0 Å². The summed E-state index contributed by atoms with van der Waals surface area (Å²) in [4.78, 5) is 0. The lowest BCUT2D eigenvalue weighted by Crippen LogP contribution is -2.05. The molecule has 1 atom stereocenters. The first-order chi connectivity index (χ1) is 9.06. The van der Waals surface area contributed by atoms with Crippen molar-refractivity contribution in [1.29, 1.82) is 0 Å². The minimum Gasteiger partial charge on any atom is -0.493 e. The van der Waals surface area contributed by atoms with Crippen LogP contribution in [0.15, 0.2) is 30.9 Å². The molecule has 1 nitrogen and oxygen atoms in total. The highest BCUT2D eigenvalue weighted by Crippen LogP contribution is 2.25. The molecule has 0 spiro atoms. The van der Waals surface area contributed by atoms with Crippen molar-refractivity contribution in [2.24, 2.45) is 5.92 Å². The third kappa shape index (κ3) is 5.50. The van der Waals surface area contributed by atoms with Crippen LogP contribution in [0, 0.1) is 5.92 Å². The van der Waals surface area contributed by atoms with E-state index in [4.69, 9.17) is 4.74 Å². The van der Waals surface area contributed by atoms with E-state index in [1.165, 1.54) is 24.0 Å². The van der Waals surface area contributed by atoms with Gasteiger partial charge in [0.25, 0.3) is 0 Å². The molecule has 0 N–H and O–H groups in total. The summed E-state index contributed by atoms with van der Waals surface area (Å²) < 4.78 is 5.89. The highest BCUT2D eigenvalue weighted by Gasteiger charge is 2.07. The zero-order valence-corrected chi connectivity index (χ0v) is 12.9. The minimum atomic E-state index is 0.378. The Hall–Kier alpha value is -1.24. The molecular formula is C18H28O. The molecule has 0 fully saturated rings. The van der Waals surface area contributed by atoms with Crippen LogP contribution in [0.3, 0.4) is 0 Å². The molecule has 0 amide bonds. The molecule has 0 heterocycles. The Morgan fingerprint density at radius 1 is 1.21 bits per heavy atom. The normalized spacial score (nSPS) is 12.5. The van der Waals surface area contributed by atoms with Crippen molar-refractivity contribution in [1.82, 2.24) is 0 Å². The third-order valence-electron chi connectivity index (χ3n) is 3.27. The van der Waals surface area contributed by atoms with E-state index in [0.29, 0.717) is 11.8 Å². The van der Waals surface area contributed by atoms with Gasteiger partial charge in [-0.05, 0) is 47.9 Å². The number of aryl methyl sites for hydroxylation is 1. The Labute approximate surface area is 118 Å². The van der Waals surface area contributed by atoms with Crippen molar-refractivity contribution in [3.63, 3.8) is 0 Å². The van der Waals surface area contributed by atoms with Crippen molar-refractivity contribution in [2.75, 3.05) is 6.61 Å². The van der Waals surface area contributed by atoms with Crippen molar-refractivity contribution >= 4 is 0 Å². The summed E-state index contributed by atoms with van der Waals surface area (Å²) in [5, 5.41) is 0. The van der Waals surface area contributed by atoms with E-state index in [1.54, 1.807) is 0 Å². The van der Waals surface area contributed by atoms with Crippen LogP contribution in [0.1, 0.15) is 57.6 Å². The number of unbranched alkanes of at least 4 members (excludes halogenated alkanes) is 1. The second kappa shape index (κ2) is 8.04. The van der Waals surface area contributed by atoms with Gasteiger partial charge in [0.05, 0.1) is 6.61 Å². The summed E-state index contributed by atoms with van der Waals surface area (Å²) in [6, 6.07) is 6.64. The van der Waals surface area contributed by atoms with Gasteiger partial charge in [0.1, 0.15) is 5.75 Å². The van der Waals surface area contributed by atoms with E-state index < -0.39 is 0 Å². The van der Waals surface area contributed by atoms with Crippen LogP contribution >= 0.6 is 0 Å². The molecule has 0 radical (unpaired) electrons. The van der Waals surface area contributed by atoms with Crippen LogP contribution in [0.5, 0.6) is 5.75 Å². The van der Waals surface area contributed by atoms with E-state index in [1.807, 2.05) is 6.08 Å². The van der Waals surface area contributed by atoms with Crippen molar-refractivity contribution in [3.8, 4) is 5.75 Å². The largest absolute Gasteiger partial charge is 0.493 e. The van der Waals surface area contributed by atoms with Gasteiger partial charge in [-0.15, -0.1) is 6.58 Å². The number of allylic oxidation sites excluding steroid dienone is 1. The highest BCUT2D eigenvalue weighted by atomic mass is 16.5. The van der Waals surface area contributed by atoms with Crippen molar-refractivity contribution in [2.45, 2.75) is 52.9 Å². The molecule has 0 aromatic heterocycles. The molecule has 106 valence electrons. The first kappa shape index (κ1) is 15.8. The highest BCUT2D eigenvalue weighted by molar-refractivity contribution is 5.37. The Morgan fingerprint density at radius 2 is 1.95 bits per heavy atom.